The Bertz CT molecular complexity index is 2780. The van der Waals surface area contributed by atoms with Gasteiger partial charge in [0.1, 0.15) is 11.3 Å². The van der Waals surface area contributed by atoms with E-state index in [-0.39, 0.29) is 0 Å². The number of fused-ring (bicyclic) bond motifs is 2. The molecule has 10 aromatic rings. The standard InChI is InChI=1S/2C26H19ClN2/c2*1-18-16-23(19-8-4-2-5-9-19)26-28-24(20-12-14-22(27)15-13-20)25(29(26)17-18)21-10-6-3-7-11-21/h2*2-17H,1H3. The van der Waals surface area contributed by atoms with Crippen LogP contribution in [0.2, 0.25) is 10.0 Å². The molecule has 6 heteroatoms. The van der Waals surface area contributed by atoms with Crippen LogP contribution >= 0.6 is 23.2 Å². The van der Waals surface area contributed by atoms with Crippen molar-refractivity contribution in [2.75, 3.05) is 0 Å². The normalized spacial score (nSPS) is 11.1. The lowest BCUT2D eigenvalue weighted by atomic mass is 10.0. The molecule has 0 unspecified atom stereocenters. The van der Waals surface area contributed by atoms with Crippen molar-refractivity contribution in [3.63, 3.8) is 0 Å². The minimum absolute atomic E-state index is 0.722. The summed E-state index contributed by atoms with van der Waals surface area (Å²) in [6, 6.07) is 61.9. The van der Waals surface area contributed by atoms with E-state index >= 15 is 0 Å². The minimum Gasteiger partial charge on any atom is -0.298 e. The van der Waals surface area contributed by atoms with Gasteiger partial charge < -0.3 is 0 Å². The van der Waals surface area contributed by atoms with Gasteiger partial charge in [-0.15, -0.1) is 0 Å². The van der Waals surface area contributed by atoms with Crippen LogP contribution in [0.1, 0.15) is 11.1 Å². The van der Waals surface area contributed by atoms with Crippen LogP contribution in [0.15, 0.2) is 194 Å². The number of aromatic nitrogens is 4. The highest BCUT2D eigenvalue weighted by Crippen LogP contribution is 2.39. The number of hydrogen-bond donors (Lipinski definition) is 0. The molecule has 4 nitrogen and oxygen atoms in total. The Morgan fingerprint density at radius 2 is 0.672 bits per heavy atom. The van der Waals surface area contributed by atoms with Crippen LogP contribution in [0.3, 0.4) is 0 Å². The first kappa shape index (κ1) is 36.9. The Hall–Kier alpha value is -6.72. The Morgan fingerprint density at radius 1 is 0.362 bits per heavy atom. The van der Waals surface area contributed by atoms with E-state index in [0.717, 1.165) is 88.6 Å². The SMILES string of the molecule is Cc1cc(-c2ccccc2)c2nc(-c3ccc(Cl)cc3)c(-c3ccccc3)n2c1.Cc1cc(-c2ccccc2)c2nc(-c3ccc(Cl)cc3)c(-c3ccccc3)n2c1. The van der Waals surface area contributed by atoms with Gasteiger partial charge in [-0.3, -0.25) is 8.80 Å². The smallest absolute Gasteiger partial charge is 0.145 e. The van der Waals surface area contributed by atoms with Gasteiger partial charge in [0.2, 0.25) is 0 Å². The molecule has 280 valence electrons. The fraction of sp³-hybridized carbons (Fsp3) is 0.0385. The van der Waals surface area contributed by atoms with E-state index in [4.69, 9.17) is 33.2 Å². The third-order valence-corrected chi connectivity index (χ3v) is 10.7. The van der Waals surface area contributed by atoms with Gasteiger partial charge in [0.05, 0.1) is 22.8 Å². The number of pyridine rings is 2. The Kier molecular flexibility index (Phi) is 10.2. The molecule has 0 amide bonds. The molecule has 6 aromatic carbocycles. The van der Waals surface area contributed by atoms with Gasteiger partial charge in [-0.1, -0.05) is 169 Å². The van der Waals surface area contributed by atoms with E-state index in [9.17, 15) is 0 Å². The molecule has 0 radical (unpaired) electrons. The minimum atomic E-state index is 0.722. The van der Waals surface area contributed by atoms with Gasteiger partial charge in [0, 0.05) is 55.8 Å². The van der Waals surface area contributed by atoms with Crippen molar-refractivity contribution >= 4 is 34.5 Å². The second-order valence-corrected chi connectivity index (χ2v) is 15.2. The van der Waals surface area contributed by atoms with Crippen molar-refractivity contribution < 1.29 is 0 Å². The Balaban J connectivity index is 0.000000150. The van der Waals surface area contributed by atoms with E-state index in [1.165, 1.54) is 11.1 Å². The summed E-state index contributed by atoms with van der Waals surface area (Å²) in [5.41, 5.74) is 17.3. The highest BCUT2D eigenvalue weighted by molar-refractivity contribution is 6.31. The number of halogens is 2. The molecular weight excluding hydrogens is 752 g/mol. The molecule has 0 bridgehead atoms. The first-order chi connectivity index (χ1) is 28.4. The van der Waals surface area contributed by atoms with Gasteiger partial charge in [-0.2, -0.15) is 0 Å². The highest BCUT2D eigenvalue weighted by atomic mass is 35.5. The molecule has 0 aliphatic carbocycles. The molecule has 4 aromatic heterocycles. The maximum absolute atomic E-state index is 6.14. The lowest BCUT2D eigenvalue weighted by Gasteiger charge is -2.09. The van der Waals surface area contributed by atoms with Gasteiger partial charge >= 0.3 is 0 Å². The summed E-state index contributed by atoms with van der Waals surface area (Å²) in [7, 11) is 0. The third-order valence-electron chi connectivity index (χ3n) is 10.2. The molecule has 10 rings (SSSR count). The predicted molar refractivity (Wildman–Crippen MR) is 242 cm³/mol. The molecule has 0 saturated heterocycles. The number of benzene rings is 6. The van der Waals surface area contributed by atoms with Crippen molar-refractivity contribution in [2.24, 2.45) is 0 Å². The summed E-state index contributed by atoms with van der Waals surface area (Å²) in [5.74, 6) is 0. The van der Waals surface area contributed by atoms with E-state index in [1.807, 2.05) is 72.8 Å². The second kappa shape index (κ2) is 16.0. The summed E-state index contributed by atoms with van der Waals surface area (Å²) in [5, 5.41) is 1.44. The van der Waals surface area contributed by atoms with Crippen LogP contribution in [0.4, 0.5) is 0 Å². The van der Waals surface area contributed by atoms with Gasteiger partial charge in [-0.05, 0) is 72.5 Å². The number of rotatable bonds is 6. The average Bonchev–Trinajstić information content (AvgIpc) is 3.84. The number of nitrogens with zero attached hydrogens (tertiary/aromatic N) is 4. The summed E-state index contributed by atoms with van der Waals surface area (Å²) in [4.78, 5) is 10.3. The summed E-state index contributed by atoms with van der Waals surface area (Å²) in [6.45, 7) is 4.26. The number of aryl methyl sites for hydroxylation is 2. The maximum atomic E-state index is 6.14. The largest absolute Gasteiger partial charge is 0.298 e. The quantitative estimate of drug-likeness (QED) is 0.168. The van der Waals surface area contributed by atoms with Crippen LogP contribution in [0.5, 0.6) is 0 Å². The van der Waals surface area contributed by atoms with Crippen molar-refractivity contribution in [2.45, 2.75) is 13.8 Å². The zero-order chi connectivity index (χ0) is 39.6. The molecule has 0 spiro atoms. The van der Waals surface area contributed by atoms with Crippen molar-refractivity contribution in [1.29, 1.82) is 0 Å². The summed E-state index contributed by atoms with van der Waals surface area (Å²) in [6.07, 6.45) is 4.33. The number of imidazole rings is 2. The fourth-order valence-electron chi connectivity index (χ4n) is 7.59. The topological polar surface area (TPSA) is 34.6 Å². The zero-order valence-corrected chi connectivity index (χ0v) is 33.5. The molecular formula is C52H38Cl2N4. The lowest BCUT2D eigenvalue weighted by Crippen LogP contribution is -1.93. The Morgan fingerprint density at radius 3 is 1.00 bits per heavy atom. The van der Waals surface area contributed by atoms with Gasteiger partial charge in [0.15, 0.2) is 0 Å². The summed E-state index contributed by atoms with van der Waals surface area (Å²) < 4.78 is 4.44. The van der Waals surface area contributed by atoms with Crippen LogP contribution < -0.4 is 0 Å². The van der Waals surface area contributed by atoms with Crippen LogP contribution in [-0.4, -0.2) is 18.8 Å². The van der Waals surface area contributed by atoms with Crippen LogP contribution in [0, 0.1) is 13.8 Å². The molecule has 0 saturated carbocycles. The summed E-state index contributed by atoms with van der Waals surface area (Å²) >= 11 is 12.3. The zero-order valence-electron chi connectivity index (χ0n) is 32.0. The molecule has 0 aliphatic rings. The van der Waals surface area contributed by atoms with E-state index in [0.29, 0.717) is 0 Å². The van der Waals surface area contributed by atoms with Crippen LogP contribution in [0.25, 0.3) is 78.6 Å². The average molecular weight is 790 g/mol. The van der Waals surface area contributed by atoms with Gasteiger partial charge in [0.25, 0.3) is 0 Å². The number of hydrogen-bond acceptors (Lipinski definition) is 2. The Labute approximate surface area is 348 Å². The fourth-order valence-corrected chi connectivity index (χ4v) is 7.84. The van der Waals surface area contributed by atoms with Crippen molar-refractivity contribution in [3.05, 3.63) is 216 Å². The third kappa shape index (κ3) is 7.32. The van der Waals surface area contributed by atoms with E-state index in [1.54, 1.807) is 0 Å². The highest BCUT2D eigenvalue weighted by Gasteiger charge is 2.21. The van der Waals surface area contributed by atoms with Crippen molar-refractivity contribution in [1.82, 2.24) is 18.8 Å². The second-order valence-electron chi connectivity index (χ2n) is 14.3. The van der Waals surface area contributed by atoms with E-state index < -0.39 is 0 Å². The van der Waals surface area contributed by atoms with E-state index in [2.05, 4.69) is 144 Å². The van der Waals surface area contributed by atoms with Crippen molar-refractivity contribution in [3.8, 4) is 67.3 Å². The molecule has 58 heavy (non-hydrogen) atoms. The molecule has 0 N–H and O–H groups in total. The maximum Gasteiger partial charge on any atom is 0.145 e. The van der Waals surface area contributed by atoms with Crippen LogP contribution in [-0.2, 0) is 0 Å². The lowest BCUT2D eigenvalue weighted by molar-refractivity contribution is 1.16. The first-order valence-corrected chi connectivity index (χ1v) is 20.0. The molecule has 0 fully saturated rings. The molecule has 0 atom stereocenters. The molecule has 0 aliphatic heterocycles. The first-order valence-electron chi connectivity index (χ1n) is 19.2. The monoisotopic (exact) mass is 788 g/mol. The van der Waals surface area contributed by atoms with Gasteiger partial charge in [-0.25, -0.2) is 9.97 Å². The predicted octanol–water partition coefficient (Wildman–Crippen LogP) is 14.6. The molecule has 4 heterocycles.